The van der Waals surface area contributed by atoms with Crippen LogP contribution >= 0.6 is 0 Å². The van der Waals surface area contributed by atoms with Gasteiger partial charge in [0.15, 0.2) is 0 Å². The standard InChI is InChI=1S/C17H25N3/c1-4-6-17(19-5-2)16-7-8-20(13-16)12-15-9-14(3)10-18-11-15/h7-11,13,17,19H,4-6,12H2,1-3H3. The minimum Gasteiger partial charge on any atom is -0.350 e. The van der Waals surface area contributed by atoms with Gasteiger partial charge in [-0.25, -0.2) is 0 Å². The maximum atomic E-state index is 4.26. The van der Waals surface area contributed by atoms with E-state index in [9.17, 15) is 0 Å². The molecule has 0 aliphatic heterocycles. The Labute approximate surface area is 122 Å². The zero-order chi connectivity index (χ0) is 14.4. The number of aromatic nitrogens is 2. The number of rotatable bonds is 7. The first-order valence-electron chi connectivity index (χ1n) is 7.52. The van der Waals surface area contributed by atoms with Crippen LogP contribution < -0.4 is 5.32 Å². The number of aryl methyl sites for hydroxylation is 1. The van der Waals surface area contributed by atoms with Crippen LogP contribution in [0, 0.1) is 6.92 Å². The molecule has 0 saturated carbocycles. The minimum absolute atomic E-state index is 0.474. The third-order valence-electron chi connectivity index (χ3n) is 3.50. The summed E-state index contributed by atoms with van der Waals surface area (Å²) in [6.45, 7) is 8.38. The van der Waals surface area contributed by atoms with Gasteiger partial charge in [-0.05, 0) is 42.6 Å². The largest absolute Gasteiger partial charge is 0.350 e. The molecule has 0 amide bonds. The number of nitrogens with one attached hydrogen (secondary N) is 1. The predicted octanol–water partition coefficient (Wildman–Crippen LogP) is 3.69. The molecule has 0 radical (unpaired) electrons. The highest BCUT2D eigenvalue weighted by Crippen LogP contribution is 2.19. The average molecular weight is 271 g/mol. The third kappa shape index (κ3) is 3.94. The van der Waals surface area contributed by atoms with Crippen LogP contribution in [0.25, 0.3) is 0 Å². The van der Waals surface area contributed by atoms with Gasteiger partial charge in [0.05, 0.1) is 0 Å². The van der Waals surface area contributed by atoms with Crippen LogP contribution in [0.2, 0.25) is 0 Å². The number of hydrogen-bond donors (Lipinski definition) is 1. The van der Waals surface area contributed by atoms with Gasteiger partial charge >= 0.3 is 0 Å². The van der Waals surface area contributed by atoms with Crippen LogP contribution in [0.1, 0.15) is 49.4 Å². The molecule has 1 unspecified atom stereocenters. The summed E-state index contributed by atoms with van der Waals surface area (Å²) in [5.41, 5.74) is 3.85. The smallest absolute Gasteiger partial charge is 0.0485 e. The quantitative estimate of drug-likeness (QED) is 0.832. The molecule has 0 aromatic carbocycles. The predicted molar refractivity (Wildman–Crippen MR) is 83.8 cm³/mol. The van der Waals surface area contributed by atoms with Crippen molar-refractivity contribution < 1.29 is 0 Å². The molecular formula is C17H25N3. The molecule has 2 aromatic rings. The van der Waals surface area contributed by atoms with Crippen LogP contribution in [-0.2, 0) is 6.54 Å². The molecule has 0 aliphatic carbocycles. The molecule has 20 heavy (non-hydrogen) atoms. The van der Waals surface area contributed by atoms with Crippen molar-refractivity contribution in [2.75, 3.05) is 6.54 Å². The molecule has 3 nitrogen and oxygen atoms in total. The summed E-state index contributed by atoms with van der Waals surface area (Å²) in [7, 11) is 0. The summed E-state index contributed by atoms with van der Waals surface area (Å²) in [6.07, 6.45) is 10.6. The van der Waals surface area contributed by atoms with E-state index in [4.69, 9.17) is 0 Å². The zero-order valence-corrected chi connectivity index (χ0v) is 12.8. The second kappa shape index (κ2) is 7.25. The average Bonchev–Trinajstić information content (AvgIpc) is 2.87. The lowest BCUT2D eigenvalue weighted by Gasteiger charge is -2.15. The van der Waals surface area contributed by atoms with Crippen molar-refractivity contribution in [1.29, 1.82) is 0 Å². The molecule has 108 valence electrons. The fourth-order valence-electron chi connectivity index (χ4n) is 2.60. The number of nitrogens with zero attached hydrogens (tertiary/aromatic N) is 2. The van der Waals surface area contributed by atoms with E-state index in [2.05, 4.69) is 60.2 Å². The molecule has 0 bridgehead atoms. The molecule has 2 heterocycles. The summed E-state index contributed by atoms with van der Waals surface area (Å²) < 4.78 is 2.24. The molecule has 0 fully saturated rings. The fraction of sp³-hybridized carbons (Fsp3) is 0.471. The molecule has 0 spiro atoms. The Kier molecular flexibility index (Phi) is 5.36. The molecule has 3 heteroatoms. The summed E-state index contributed by atoms with van der Waals surface area (Å²) in [5.74, 6) is 0. The second-order valence-corrected chi connectivity index (χ2v) is 5.39. The van der Waals surface area contributed by atoms with Crippen molar-refractivity contribution in [3.63, 3.8) is 0 Å². The highest BCUT2D eigenvalue weighted by atomic mass is 15.0. The van der Waals surface area contributed by atoms with Gasteiger partial charge in [0.2, 0.25) is 0 Å². The first-order valence-corrected chi connectivity index (χ1v) is 7.52. The topological polar surface area (TPSA) is 29.9 Å². The van der Waals surface area contributed by atoms with Crippen molar-refractivity contribution in [3.05, 3.63) is 53.6 Å². The van der Waals surface area contributed by atoms with Crippen LogP contribution in [0.15, 0.2) is 36.9 Å². The molecular weight excluding hydrogens is 246 g/mol. The van der Waals surface area contributed by atoms with E-state index in [0.717, 1.165) is 13.1 Å². The first-order chi connectivity index (χ1) is 9.72. The van der Waals surface area contributed by atoms with E-state index in [1.54, 1.807) is 0 Å². The molecule has 1 N–H and O–H groups in total. The first kappa shape index (κ1) is 14.8. The Hall–Kier alpha value is -1.61. The van der Waals surface area contributed by atoms with Gasteiger partial charge in [-0.2, -0.15) is 0 Å². The van der Waals surface area contributed by atoms with Gasteiger partial charge in [-0.1, -0.05) is 26.3 Å². The van der Waals surface area contributed by atoms with E-state index in [1.165, 1.54) is 29.5 Å². The molecule has 1 atom stereocenters. The van der Waals surface area contributed by atoms with Gasteiger partial charge in [0.25, 0.3) is 0 Å². The zero-order valence-electron chi connectivity index (χ0n) is 12.8. The molecule has 0 saturated heterocycles. The highest BCUT2D eigenvalue weighted by Gasteiger charge is 2.10. The van der Waals surface area contributed by atoms with Crippen molar-refractivity contribution in [2.24, 2.45) is 0 Å². The van der Waals surface area contributed by atoms with Crippen molar-refractivity contribution >= 4 is 0 Å². The second-order valence-electron chi connectivity index (χ2n) is 5.39. The fourth-order valence-corrected chi connectivity index (χ4v) is 2.60. The number of pyridine rings is 1. The maximum absolute atomic E-state index is 4.26. The molecule has 2 aromatic heterocycles. The lowest BCUT2D eigenvalue weighted by atomic mass is 10.1. The van der Waals surface area contributed by atoms with E-state index in [1.807, 2.05) is 12.4 Å². The van der Waals surface area contributed by atoms with E-state index < -0.39 is 0 Å². The van der Waals surface area contributed by atoms with Crippen molar-refractivity contribution in [1.82, 2.24) is 14.9 Å². The summed E-state index contributed by atoms with van der Waals surface area (Å²) in [5, 5.41) is 3.56. The van der Waals surface area contributed by atoms with E-state index in [-0.39, 0.29) is 0 Å². The SMILES string of the molecule is CCCC(NCC)c1ccn(Cc2cncc(C)c2)c1. The van der Waals surface area contributed by atoms with Gasteiger partial charge in [-0.3, -0.25) is 4.98 Å². The monoisotopic (exact) mass is 271 g/mol. The minimum atomic E-state index is 0.474. The van der Waals surface area contributed by atoms with Crippen molar-refractivity contribution in [2.45, 2.75) is 46.2 Å². The van der Waals surface area contributed by atoms with Crippen LogP contribution in [0.3, 0.4) is 0 Å². The normalized spacial score (nSPS) is 12.6. The van der Waals surface area contributed by atoms with Crippen LogP contribution in [0.5, 0.6) is 0 Å². The summed E-state index contributed by atoms with van der Waals surface area (Å²) in [4.78, 5) is 4.26. The van der Waals surface area contributed by atoms with Gasteiger partial charge in [-0.15, -0.1) is 0 Å². The molecule has 0 aliphatic rings. The maximum Gasteiger partial charge on any atom is 0.0485 e. The van der Waals surface area contributed by atoms with Gasteiger partial charge in [0, 0.05) is 37.4 Å². The van der Waals surface area contributed by atoms with Crippen molar-refractivity contribution in [3.8, 4) is 0 Å². The Balaban J connectivity index is 2.07. The van der Waals surface area contributed by atoms with E-state index >= 15 is 0 Å². The van der Waals surface area contributed by atoms with Crippen LogP contribution in [-0.4, -0.2) is 16.1 Å². The Morgan fingerprint density at radius 3 is 2.85 bits per heavy atom. The van der Waals surface area contributed by atoms with Crippen LogP contribution in [0.4, 0.5) is 0 Å². The highest BCUT2D eigenvalue weighted by molar-refractivity contribution is 5.20. The summed E-state index contributed by atoms with van der Waals surface area (Å²) in [6, 6.07) is 4.90. The Bertz CT molecular complexity index is 525. The Morgan fingerprint density at radius 1 is 1.30 bits per heavy atom. The van der Waals surface area contributed by atoms with E-state index in [0.29, 0.717) is 6.04 Å². The number of hydrogen-bond acceptors (Lipinski definition) is 2. The third-order valence-corrected chi connectivity index (χ3v) is 3.50. The lowest BCUT2D eigenvalue weighted by Crippen LogP contribution is -2.20. The Morgan fingerprint density at radius 2 is 2.15 bits per heavy atom. The lowest BCUT2D eigenvalue weighted by molar-refractivity contribution is 0.508. The molecule has 2 rings (SSSR count). The summed E-state index contributed by atoms with van der Waals surface area (Å²) >= 11 is 0. The van der Waals surface area contributed by atoms with Gasteiger partial charge in [0.1, 0.15) is 0 Å². The van der Waals surface area contributed by atoms with Gasteiger partial charge < -0.3 is 9.88 Å².